The molecule has 1 saturated carbocycles. The number of benzene rings is 1. The Kier molecular flexibility index (Phi) is 4.11. The fourth-order valence-electron chi connectivity index (χ4n) is 3.27. The molecule has 2 heterocycles. The highest BCUT2D eigenvalue weighted by Crippen LogP contribution is 2.32. The number of primary amides is 1. The Bertz CT molecular complexity index is 862. The van der Waals surface area contributed by atoms with Crippen LogP contribution in [0.15, 0.2) is 22.6 Å². The Labute approximate surface area is 150 Å². The summed E-state index contributed by atoms with van der Waals surface area (Å²) in [5, 5.41) is 3.43. The van der Waals surface area contributed by atoms with Crippen molar-refractivity contribution in [2.75, 3.05) is 19.8 Å². The number of nitrogens with one attached hydrogen (secondary N) is 1. The minimum atomic E-state index is -1.17. The van der Waals surface area contributed by atoms with Crippen LogP contribution in [0.3, 0.4) is 0 Å². The number of rotatable bonds is 6. The maximum Gasteiger partial charge on any atom is 0.256 e. The van der Waals surface area contributed by atoms with Crippen molar-refractivity contribution in [1.82, 2.24) is 5.32 Å². The third kappa shape index (κ3) is 3.03. The molecule has 138 valence electrons. The molecular formula is C19H22N2O5. The largest absolute Gasteiger partial charge is 0.493 e. The van der Waals surface area contributed by atoms with Gasteiger partial charge in [0, 0.05) is 18.4 Å². The highest BCUT2D eigenvalue weighted by Gasteiger charge is 2.43. The van der Waals surface area contributed by atoms with E-state index >= 15 is 0 Å². The van der Waals surface area contributed by atoms with Crippen molar-refractivity contribution in [3.8, 4) is 5.75 Å². The lowest BCUT2D eigenvalue weighted by Crippen LogP contribution is -2.58. The molecule has 1 saturated heterocycles. The lowest BCUT2D eigenvalue weighted by Gasteiger charge is -2.24. The number of carbonyl (C=O) groups excluding carboxylic acids is 2. The highest BCUT2D eigenvalue weighted by atomic mass is 16.5. The van der Waals surface area contributed by atoms with Crippen molar-refractivity contribution < 1.29 is 23.5 Å². The van der Waals surface area contributed by atoms with Gasteiger partial charge in [-0.15, -0.1) is 0 Å². The van der Waals surface area contributed by atoms with Crippen LogP contribution in [-0.2, 0) is 9.53 Å². The van der Waals surface area contributed by atoms with Gasteiger partial charge in [-0.1, -0.05) is 0 Å². The molecule has 0 bridgehead atoms. The molecule has 1 aromatic heterocycles. The molecule has 7 heteroatoms. The molecule has 1 aliphatic heterocycles. The maximum absolute atomic E-state index is 12.9. The first kappa shape index (κ1) is 16.9. The van der Waals surface area contributed by atoms with Gasteiger partial charge in [0.05, 0.1) is 18.8 Å². The molecule has 3 N–H and O–H groups in total. The number of carbonyl (C=O) groups is 2. The Morgan fingerprint density at radius 3 is 2.85 bits per heavy atom. The highest BCUT2D eigenvalue weighted by molar-refractivity contribution is 6.09. The summed E-state index contributed by atoms with van der Waals surface area (Å²) in [6.07, 6.45) is 2.77. The molecule has 2 aromatic rings. The number of amides is 2. The number of aryl methyl sites for hydroxylation is 1. The van der Waals surface area contributed by atoms with E-state index in [0.29, 0.717) is 53.6 Å². The minimum Gasteiger partial charge on any atom is -0.493 e. The average Bonchev–Trinajstić information content (AvgIpc) is 3.20. The van der Waals surface area contributed by atoms with Crippen LogP contribution in [-0.4, -0.2) is 37.2 Å². The second kappa shape index (κ2) is 6.32. The number of hydrogen-bond acceptors (Lipinski definition) is 5. The average molecular weight is 358 g/mol. The van der Waals surface area contributed by atoms with Gasteiger partial charge in [-0.2, -0.15) is 0 Å². The summed E-state index contributed by atoms with van der Waals surface area (Å²) in [5.41, 5.74) is 5.32. The van der Waals surface area contributed by atoms with Crippen LogP contribution in [0.1, 0.15) is 35.4 Å². The fourth-order valence-corrected chi connectivity index (χ4v) is 3.27. The lowest BCUT2D eigenvalue weighted by atomic mass is 9.97. The maximum atomic E-state index is 12.9. The Hall–Kier alpha value is -2.54. The van der Waals surface area contributed by atoms with Gasteiger partial charge in [-0.05, 0) is 43.9 Å². The van der Waals surface area contributed by atoms with Crippen molar-refractivity contribution >= 4 is 22.8 Å². The predicted molar refractivity (Wildman–Crippen MR) is 94.0 cm³/mol. The van der Waals surface area contributed by atoms with Gasteiger partial charge in [0.2, 0.25) is 5.91 Å². The van der Waals surface area contributed by atoms with Gasteiger partial charge in [-0.25, -0.2) is 0 Å². The monoisotopic (exact) mass is 358 g/mol. The van der Waals surface area contributed by atoms with E-state index in [1.807, 2.05) is 12.1 Å². The predicted octanol–water partition coefficient (Wildman–Crippen LogP) is 1.90. The van der Waals surface area contributed by atoms with Crippen LogP contribution >= 0.6 is 0 Å². The van der Waals surface area contributed by atoms with Gasteiger partial charge >= 0.3 is 0 Å². The van der Waals surface area contributed by atoms with Crippen molar-refractivity contribution in [2.24, 2.45) is 11.7 Å². The van der Waals surface area contributed by atoms with Crippen LogP contribution in [0.5, 0.6) is 5.75 Å². The molecule has 0 spiro atoms. The molecular weight excluding hydrogens is 336 g/mol. The first-order chi connectivity index (χ1) is 12.5. The van der Waals surface area contributed by atoms with Gasteiger partial charge in [-0.3, -0.25) is 9.59 Å². The molecule has 1 atom stereocenters. The summed E-state index contributed by atoms with van der Waals surface area (Å²) in [6.45, 7) is 2.87. The van der Waals surface area contributed by atoms with Crippen LogP contribution in [0, 0.1) is 12.8 Å². The van der Waals surface area contributed by atoms with E-state index in [1.165, 1.54) is 12.8 Å². The number of fused-ring (bicyclic) bond motifs is 1. The molecule has 4 rings (SSSR count). The summed E-state index contributed by atoms with van der Waals surface area (Å²) in [6, 6.07) is 5.44. The second-order valence-electron chi connectivity index (χ2n) is 7.15. The number of ether oxygens (including phenoxy) is 2. The summed E-state index contributed by atoms with van der Waals surface area (Å²) >= 11 is 0. The van der Waals surface area contributed by atoms with E-state index in [2.05, 4.69) is 5.32 Å². The molecule has 2 amide bonds. The van der Waals surface area contributed by atoms with Crippen molar-refractivity contribution in [2.45, 2.75) is 31.7 Å². The Morgan fingerprint density at radius 1 is 1.38 bits per heavy atom. The number of hydrogen-bond donors (Lipinski definition) is 2. The smallest absolute Gasteiger partial charge is 0.256 e. The molecule has 7 nitrogen and oxygen atoms in total. The van der Waals surface area contributed by atoms with Crippen LogP contribution in [0.25, 0.3) is 11.0 Å². The van der Waals surface area contributed by atoms with E-state index in [1.54, 1.807) is 13.0 Å². The van der Waals surface area contributed by atoms with E-state index in [-0.39, 0.29) is 6.61 Å². The third-order valence-corrected chi connectivity index (χ3v) is 5.09. The van der Waals surface area contributed by atoms with Gasteiger partial charge in [0.25, 0.3) is 5.91 Å². The minimum absolute atomic E-state index is 0.0820. The van der Waals surface area contributed by atoms with E-state index in [9.17, 15) is 9.59 Å². The zero-order valence-corrected chi connectivity index (χ0v) is 14.7. The Morgan fingerprint density at radius 2 is 2.19 bits per heavy atom. The summed E-state index contributed by atoms with van der Waals surface area (Å²) < 4.78 is 16.8. The quantitative estimate of drug-likeness (QED) is 0.821. The van der Waals surface area contributed by atoms with Crippen LogP contribution < -0.4 is 15.8 Å². The van der Waals surface area contributed by atoms with Crippen LogP contribution in [0.4, 0.5) is 0 Å². The molecule has 2 fully saturated rings. The molecule has 2 aliphatic rings. The zero-order chi connectivity index (χ0) is 18.3. The molecule has 1 aromatic carbocycles. The summed E-state index contributed by atoms with van der Waals surface area (Å²) in [7, 11) is 0. The van der Waals surface area contributed by atoms with Crippen LogP contribution in [0.2, 0.25) is 0 Å². The van der Waals surface area contributed by atoms with Gasteiger partial charge < -0.3 is 24.9 Å². The molecule has 1 unspecified atom stereocenters. The summed E-state index contributed by atoms with van der Waals surface area (Å²) in [4.78, 5) is 24.8. The van der Waals surface area contributed by atoms with E-state index in [4.69, 9.17) is 19.6 Å². The molecule has 1 aliphatic carbocycles. The first-order valence-corrected chi connectivity index (χ1v) is 8.85. The van der Waals surface area contributed by atoms with Gasteiger partial charge in [0.1, 0.15) is 22.6 Å². The van der Waals surface area contributed by atoms with Crippen molar-refractivity contribution in [3.05, 3.63) is 29.5 Å². The van der Waals surface area contributed by atoms with Crippen molar-refractivity contribution in [3.63, 3.8) is 0 Å². The van der Waals surface area contributed by atoms with Gasteiger partial charge in [0.15, 0.2) is 0 Å². The second-order valence-corrected chi connectivity index (χ2v) is 7.15. The number of nitrogens with two attached hydrogens (primary N) is 1. The molecule has 0 radical (unpaired) electrons. The van der Waals surface area contributed by atoms with Crippen molar-refractivity contribution in [1.29, 1.82) is 0 Å². The normalized spacial score (nSPS) is 22.5. The summed E-state index contributed by atoms with van der Waals surface area (Å²) in [5.74, 6) is 0.827. The standard InChI is InChI=1S/C19H22N2O5/c1-11-16(17(22)21-19(18(20)23)6-7-24-10-19)14-8-13(4-5-15(14)26-11)25-9-12-2-3-12/h4-5,8,12H,2-3,6-7,9-10H2,1H3,(H2,20,23)(H,21,22). The first-order valence-electron chi connectivity index (χ1n) is 8.85. The lowest BCUT2D eigenvalue weighted by molar-refractivity contribution is -0.124. The van der Waals surface area contributed by atoms with E-state index < -0.39 is 17.4 Å². The Balaban J connectivity index is 1.63. The topological polar surface area (TPSA) is 104 Å². The SMILES string of the molecule is Cc1oc2ccc(OCC3CC3)cc2c1C(=O)NC1(C(N)=O)CCOC1. The number of furan rings is 1. The zero-order valence-electron chi connectivity index (χ0n) is 14.7. The van der Waals surface area contributed by atoms with E-state index in [0.717, 1.165) is 0 Å². The fraction of sp³-hybridized carbons (Fsp3) is 0.474. The molecule has 26 heavy (non-hydrogen) atoms. The third-order valence-electron chi connectivity index (χ3n) is 5.09.